The van der Waals surface area contributed by atoms with E-state index in [2.05, 4.69) is 32.9 Å². The lowest BCUT2D eigenvalue weighted by Gasteiger charge is -2.60. The highest BCUT2D eigenvalue weighted by Crippen LogP contribution is 2.68. The second-order valence-electron chi connectivity index (χ2n) is 11.9. The largest absolute Gasteiger partial charge is 0.481 e. The first-order valence-electron chi connectivity index (χ1n) is 12.6. The molecule has 4 aliphatic carbocycles. The van der Waals surface area contributed by atoms with Crippen LogP contribution in [0, 0.1) is 52.3 Å². The van der Waals surface area contributed by atoms with Crippen LogP contribution in [0.3, 0.4) is 0 Å². The van der Waals surface area contributed by atoms with E-state index in [9.17, 15) is 4.79 Å². The Morgan fingerprint density at radius 3 is 2.52 bits per heavy atom. The molecule has 0 radical (unpaired) electrons. The van der Waals surface area contributed by atoms with Gasteiger partial charge in [0.25, 0.3) is 0 Å². The van der Waals surface area contributed by atoms with E-state index in [1.807, 2.05) is 6.92 Å². The molecule has 0 aromatic heterocycles. The summed E-state index contributed by atoms with van der Waals surface area (Å²) in [5, 5.41) is 9.16. The second kappa shape index (κ2) is 8.04. The molecule has 0 aromatic rings. The molecule has 4 aliphatic rings. The maximum absolute atomic E-state index is 11.1. The van der Waals surface area contributed by atoms with Crippen LogP contribution in [0.4, 0.5) is 0 Å². The van der Waals surface area contributed by atoms with Gasteiger partial charge in [-0.25, -0.2) is 0 Å². The summed E-state index contributed by atoms with van der Waals surface area (Å²) in [4.78, 5) is 11.1. The number of hydrogen-bond acceptors (Lipinski definition) is 1. The summed E-state index contributed by atoms with van der Waals surface area (Å²) in [5.41, 5.74) is 1.10. The van der Waals surface area contributed by atoms with Crippen LogP contribution in [-0.2, 0) is 4.79 Å². The quantitative estimate of drug-likeness (QED) is 0.474. The van der Waals surface area contributed by atoms with Crippen LogP contribution in [0.25, 0.3) is 0 Å². The molecule has 29 heavy (non-hydrogen) atoms. The summed E-state index contributed by atoms with van der Waals surface area (Å²) >= 11 is 0. The fourth-order valence-electron chi connectivity index (χ4n) is 8.88. The highest BCUT2D eigenvalue weighted by Gasteiger charge is 2.59. The van der Waals surface area contributed by atoms with E-state index in [0.717, 1.165) is 48.3 Å². The molecule has 0 amide bonds. The zero-order valence-electron chi connectivity index (χ0n) is 19.3. The third kappa shape index (κ3) is 3.61. The lowest BCUT2D eigenvalue weighted by atomic mass is 9.45. The topological polar surface area (TPSA) is 37.3 Å². The molecule has 2 nitrogen and oxygen atoms in total. The standard InChI is InChI=1S/C27H44O2/c1-18(8-7-9-19(2)25(28)29)22-13-14-23-21-12-11-20-10-5-6-16-26(20,3)24(21)15-17-27(22,23)4/h5-6,18-24H,7-17H2,1-4H3,(H,28,29)/t18-,19+,20?,21+,22-,23+,24+,26+,27-/m1/s1. The van der Waals surface area contributed by atoms with Crippen molar-refractivity contribution >= 4 is 5.97 Å². The molecule has 3 fully saturated rings. The van der Waals surface area contributed by atoms with Crippen molar-refractivity contribution < 1.29 is 9.90 Å². The van der Waals surface area contributed by atoms with Gasteiger partial charge in [-0.3, -0.25) is 4.79 Å². The van der Waals surface area contributed by atoms with Gasteiger partial charge in [-0.05, 0) is 104 Å². The maximum atomic E-state index is 11.1. The molecule has 0 heterocycles. The van der Waals surface area contributed by atoms with Gasteiger partial charge in [-0.15, -0.1) is 0 Å². The minimum absolute atomic E-state index is 0.190. The summed E-state index contributed by atoms with van der Waals surface area (Å²) in [7, 11) is 0. The molecule has 0 aliphatic heterocycles. The fraction of sp³-hybridized carbons (Fsp3) is 0.889. The number of hydrogen-bond donors (Lipinski definition) is 1. The van der Waals surface area contributed by atoms with Crippen molar-refractivity contribution in [2.45, 2.75) is 98.3 Å². The predicted molar refractivity (Wildman–Crippen MR) is 120 cm³/mol. The Kier molecular flexibility index (Phi) is 5.95. The average molecular weight is 401 g/mol. The van der Waals surface area contributed by atoms with Gasteiger partial charge in [0.15, 0.2) is 0 Å². The molecule has 0 spiro atoms. The van der Waals surface area contributed by atoms with Crippen molar-refractivity contribution in [3.8, 4) is 0 Å². The van der Waals surface area contributed by atoms with E-state index in [1.165, 1.54) is 57.8 Å². The number of allylic oxidation sites excluding steroid dienone is 2. The maximum Gasteiger partial charge on any atom is 0.306 e. The minimum Gasteiger partial charge on any atom is -0.481 e. The van der Waals surface area contributed by atoms with Crippen molar-refractivity contribution in [1.82, 2.24) is 0 Å². The summed E-state index contributed by atoms with van der Waals surface area (Å²) in [6.07, 6.45) is 19.4. The Balaban J connectivity index is 1.42. The number of aliphatic carboxylic acids is 1. The van der Waals surface area contributed by atoms with Crippen molar-refractivity contribution in [3.05, 3.63) is 12.2 Å². The van der Waals surface area contributed by atoms with E-state index < -0.39 is 5.97 Å². The normalized spacial score (nSPS) is 45.7. The molecule has 164 valence electrons. The molecule has 1 N–H and O–H groups in total. The van der Waals surface area contributed by atoms with Crippen molar-refractivity contribution in [3.63, 3.8) is 0 Å². The van der Waals surface area contributed by atoms with Crippen LogP contribution in [0.15, 0.2) is 12.2 Å². The van der Waals surface area contributed by atoms with E-state index in [0.29, 0.717) is 10.8 Å². The predicted octanol–water partition coefficient (Wildman–Crippen LogP) is 7.34. The van der Waals surface area contributed by atoms with Crippen LogP contribution in [0.2, 0.25) is 0 Å². The molecule has 1 unspecified atom stereocenters. The van der Waals surface area contributed by atoms with Gasteiger partial charge in [-0.2, -0.15) is 0 Å². The Morgan fingerprint density at radius 1 is 1.00 bits per heavy atom. The number of fused-ring (bicyclic) bond motifs is 5. The number of carboxylic acid groups (broad SMARTS) is 1. The smallest absolute Gasteiger partial charge is 0.306 e. The van der Waals surface area contributed by atoms with Crippen LogP contribution in [-0.4, -0.2) is 11.1 Å². The summed E-state index contributed by atoms with van der Waals surface area (Å²) in [5.74, 6) is 4.56. The van der Waals surface area contributed by atoms with Crippen molar-refractivity contribution in [1.29, 1.82) is 0 Å². The summed E-state index contributed by atoms with van der Waals surface area (Å²) in [6, 6.07) is 0. The monoisotopic (exact) mass is 400 g/mol. The zero-order valence-corrected chi connectivity index (χ0v) is 19.3. The number of carboxylic acids is 1. The van der Waals surface area contributed by atoms with Gasteiger partial charge < -0.3 is 5.11 Å². The molecule has 4 rings (SSSR count). The third-order valence-corrected chi connectivity index (χ3v) is 10.7. The van der Waals surface area contributed by atoms with Gasteiger partial charge in [0.05, 0.1) is 5.92 Å². The average Bonchev–Trinajstić information content (AvgIpc) is 3.04. The van der Waals surface area contributed by atoms with Gasteiger partial charge in [0, 0.05) is 0 Å². The number of rotatable bonds is 6. The SMILES string of the molecule is C[C@H](CCC[C@H](C)C(=O)O)[C@H]1CC[C@H]2[C@@H]3CCC4CC=CC[C@]4(C)[C@H]3CC[C@]12C. The zero-order chi connectivity index (χ0) is 20.8. The van der Waals surface area contributed by atoms with Crippen LogP contribution < -0.4 is 0 Å². The second-order valence-corrected chi connectivity index (χ2v) is 11.9. The molecule has 0 bridgehead atoms. The highest BCUT2D eigenvalue weighted by molar-refractivity contribution is 5.69. The van der Waals surface area contributed by atoms with Gasteiger partial charge in [0.1, 0.15) is 0 Å². The van der Waals surface area contributed by atoms with E-state index >= 15 is 0 Å². The molecule has 2 heteroatoms. The first-order chi connectivity index (χ1) is 13.8. The van der Waals surface area contributed by atoms with Crippen molar-refractivity contribution in [2.75, 3.05) is 0 Å². The fourth-order valence-corrected chi connectivity index (χ4v) is 8.88. The summed E-state index contributed by atoms with van der Waals surface area (Å²) < 4.78 is 0. The molecule has 3 saturated carbocycles. The Morgan fingerprint density at radius 2 is 1.76 bits per heavy atom. The van der Waals surface area contributed by atoms with Crippen LogP contribution >= 0.6 is 0 Å². The lowest BCUT2D eigenvalue weighted by Crippen LogP contribution is -2.52. The minimum atomic E-state index is -0.634. The molecular weight excluding hydrogens is 356 g/mol. The van der Waals surface area contributed by atoms with Crippen molar-refractivity contribution in [2.24, 2.45) is 52.3 Å². The van der Waals surface area contributed by atoms with Crippen LogP contribution in [0.5, 0.6) is 0 Å². The lowest BCUT2D eigenvalue weighted by molar-refractivity contribution is -0.141. The molecule has 0 saturated heterocycles. The van der Waals surface area contributed by atoms with Gasteiger partial charge in [-0.1, -0.05) is 52.7 Å². The first-order valence-corrected chi connectivity index (χ1v) is 12.6. The third-order valence-electron chi connectivity index (χ3n) is 10.7. The van der Waals surface area contributed by atoms with E-state index in [-0.39, 0.29) is 5.92 Å². The van der Waals surface area contributed by atoms with E-state index in [1.54, 1.807) is 0 Å². The summed E-state index contributed by atoms with van der Waals surface area (Å²) in [6.45, 7) is 9.62. The van der Waals surface area contributed by atoms with Gasteiger partial charge >= 0.3 is 5.97 Å². The molecule has 9 atom stereocenters. The molecule has 0 aromatic carbocycles. The Labute approximate surface area is 178 Å². The van der Waals surface area contributed by atoms with Gasteiger partial charge in [0.2, 0.25) is 0 Å². The number of carbonyl (C=O) groups is 1. The highest BCUT2D eigenvalue weighted by atomic mass is 16.4. The Hall–Kier alpha value is -0.790. The molecular formula is C27H44O2. The van der Waals surface area contributed by atoms with Crippen LogP contribution in [0.1, 0.15) is 98.3 Å². The van der Waals surface area contributed by atoms with E-state index in [4.69, 9.17) is 5.11 Å². The first kappa shape index (κ1) is 21.4. The Bertz CT molecular complexity index is 638.